The number of carbonyl (C=O) groups is 1. The number of ketones is 1. The van der Waals surface area contributed by atoms with Crippen molar-refractivity contribution in [2.45, 2.75) is 45.1 Å². The van der Waals surface area contributed by atoms with Gasteiger partial charge >= 0.3 is 0 Å². The van der Waals surface area contributed by atoms with Crippen LogP contribution in [0.1, 0.15) is 39.5 Å². The van der Waals surface area contributed by atoms with Crippen LogP contribution in [-0.2, 0) is 9.53 Å². The average Bonchev–Trinajstić information content (AvgIpc) is 2.17. The van der Waals surface area contributed by atoms with Gasteiger partial charge in [0.15, 0.2) is 5.78 Å². The fourth-order valence-electron chi connectivity index (χ4n) is 1.07. The highest BCUT2D eigenvalue weighted by molar-refractivity contribution is 5.86. The van der Waals surface area contributed by atoms with Gasteiger partial charge < -0.3 is 4.74 Å². The first-order valence-electron chi connectivity index (χ1n) is 4.62. The Bertz CT molecular complexity index is 197. The molecule has 1 atom stereocenters. The number of rotatable bonds is 6. The zero-order chi connectivity index (χ0) is 10.3. The Morgan fingerprint density at radius 2 is 2.23 bits per heavy atom. The van der Waals surface area contributed by atoms with Gasteiger partial charge in [0.05, 0.1) is 0 Å². The van der Waals surface area contributed by atoms with Crippen LogP contribution in [-0.4, -0.2) is 18.5 Å². The number of Topliss-reactive ketones (excluding diaryl/α,β-unsaturated/α-hetero) is 1. The molecule has 1 unspecified atom stereocenters. The molecule has 0 aromatic rings. The molecule has 0 aliphatic carbocycles. The zero-order valence-electron chi connectivity index (χ0n) is 8.72. The van der Waals surface area contributed by atoms with Gasteiger partial charge in [0.25, 0.3) is 0 Å². The van der Waals surface area contributed by atoms with Gasteiger partial charge in [-0.05, 0) is 19.8 Å². The number of unbranched alkanes of at least 4 members (excludes halogenated alkanes) is 1. The Hall–Kier alpha value is -0.810. The fraction of sp³-hybridized carbons (Fsp3) is 0.727. The highest BCUT2D eigenvalue weighted by Crippen LogP contribution is 2.18. The molecule has 2 nitrogen and oxygen atoms in total. The van der Waals surface area contributed by atoms with Crippen molar-refractivity contribution in [1.29, 1.82) is 0 Å². The molecule has 0 aromatic carbocycles. The molecule has 0 heterocycles. The summed E-state index contributed by atoms with van der Waals surface area (Å²) in [4.78, 5) is 11.6. The summed E-state index contributed by atoms with van der Waals surface area (Å²) in [7, 11) is 1.57. The van der Waals surface area contributed by atoms with Crippen LogP contribution in [0.4, 0.5) is 0 Å². The van der Waals surface area contributed by atoms with Gasteiger partial charge in [-0.3, -0.25) is 4.79 Å². The minimum absolute atomic E-state index is 0.146. The minimum atomic E-state index is -0.616. The highest BCUT2D eigenvalue weighted by Gasteiger charge is 2.29. The van der Waals surface area contributed by atoms with Crippen molar-refractivity contribution in [2.24, 2.45) is 0 Å². The second-order valence-electron chi connectivity index (χ2n) is 3.27. The minimum Gasteiger partial charge on any atom is -0.371 e. The molecular weight excluding hydrogens is 164 g/mol. The van der Waals surface area contributed by atoms with Crippen LogP contribution < -0.4 is 0 Å². The van der Waals surface area contributed by atoms with E-state index in [9.17, 15) is 4.79 Å². The molecule has 0 aromatic heterocycles. The molecule has 0 spiro atoms. The molecule has 0 radical (unpaired) electrons. The predicted molar refractivity (Wildman–Crippen MR) is 53.4 cm³/mol. The maximum Gasteiger partial charge on any atom is 0.164 e. The Morgan fingerprint density at radius 3 is 2.62 bits per heavy atom. The first-order valence-corrected chi connectivity index (χ1v) is 4.62. The predicted octanol–water partition coefficient (Wildman–Crippen LogP) is 2.17. The third-order valence-electron chi connectivity index (χ3n) is 2.44. The number of methoxy groups -OCH3 is 1. The summed E-state index contributed by atoms with van der Waals surface area (Å²) in [5.41, 5.74) is -0.616. The van der Waals surface area contributed by atoms with Crippen molar-refractivity contribution in [3.05, 3.63) is 0 Å². The molecule has 74 valence electrons. The molecule has 0 saturated heterocycles. The zero-order valence-corrected chi connectivity index (χ0v) is 8.72. The Labute approximate surface area is 80.7 Å². The molecule has 0 fully saturated rings. The third-order valence-corrected chi connectivity index (χ3v) is 2.44. The van der Waals surface area contributed by atoms with Gasteiger partial charge in [0, 0.05) is 20.0 Å². The molecule has 13 heavy (non-hydrogen) atoms. The van der Waals surface area contributed by atoms with E-state index in [1.807, 2.05) is 13.8 Å². The number of terminal acetylenes is 1. The molecule has 0 amide bonds. The van der Waals surface area contributed by atoms with Crippen LogP contribution in [0.15, 0.2) is 0 Å². The Morgan fingerprint density at radius 1 is 1.62 bits per heavy atom. The van der Waals surface area contributed by atoms with Crippen LogP contribution in [0.2, 0.25) is 0 Å². The first kappa shape index (κ1) is 12.2. The van der Waals surface area contributed by atoms with Crippen molar-refractivity contribution in [3.63, 3.8) is 0 Å². The molecule has 0 bridgehead atoms. The average molecular weight is 182 g/mol. The first-order chi connectivity index (χ1) is 6.10. The lowest BCUT2D eigenvalue weighted by Crippen LogP contribution is -2.36. The highest BCUT2D eigenvalue weighted by atomic mass is 16.5. The van der Waals surface area contributed by atoms with Gasteiger partial charge in [0.1, 0.15) is 5.60 Å². The molecule has 0 saturated carbocycles. The lowest BCUT2D eigenvalue weighted by atomic mass is 9.94. The molecule has 0 rings (SSSR count). The summed E-state index contributed by atoms with van der Waals surface area (Å²) >= 11 is 0. The van der Waals surface area contributed by atoms with Crippen molar-refractivity contribution in [1.82, 2.24) is 0 Å². The Kier molecular flexibility index (Phi) is 5.41. The SMILES string of the molecule is C#CCCCC(=O)C(C)(CC)OC. The summed E-state index contributed by atoms with van der Waals surface area (Å²) in [6.45, 7) is 3.77. The third kappa shape index (κ3) is 3.61. The standard InChI is InChI=1S/C11H18O2/c1-5-7-8-9-10(12)11(3,6-2)13-4/h1H,6-9H2,2-4H3. The summed E-state index contributed by atoms with van der Waals surface area (Å²) in [5.74, 6) is 2.66. The van der Waals surface area contributed by atoms with Crippen molar-refractivity contribution in [3.8, 4) is 12.3 Å². The number of carbonyl (C=O) groups excluding carboxylic acids is 1. The van der Waals surface area contributed by atoms with Gasteiger partial charge in [0.2, 0.25) is 0 Å². The Balaban J connectivity index is 4.01. The quantitative estimate of drug-likeness (QED) is 0.465. The van der Waals surface area contributed by atoms with Gasteiger partial charge in [-0.15, -0.1) is 12.3 Å². The van der Waals surface area contributed by atoms with E-state index >= 15 is 0 Å². The summed E-state index contributed by atoms with van der Waals surface area (Å²) in [5, 5.41) is 0. The van der Waals surface area contributed by atoms with E-state index in [1.54, 1.807) is 7.11 Å². The van der Waals surface area contributed by atoms with E-state index < -0.39 is 5.60 Å². The molecule has 2 heteroatoms. The van der Waals surface area contributed by atoms with Crippen LogP contribution in [0.5, 0.6) is 0 Å². The van der Waals surface area contributed by atoms with E-state index in [0.29, 0.717) is 19.3 Å². The number of hydrogen-bond donors (Lipinski definition) is 0. The molecule has 0 aliphatic heterocycles. The smallest absolute Gasteiger partial charge is 0.164 e. The summed E-state index contributed by atoms with van der Waals surface area (Å²) in [6, 6.07) is 0. The fourth-order valence-corrected chi connectivity index (χ4v) is 1.07. The second-order valence-corrected chi connectivity index (χ2v) is 3.27. The van der Waals surface area contributed by atoms with Crippen molar-refractivity contribution in [2.75, 3.05) is 7.11 Å². The van der Waals surface area contributed by atoms with E-state index in [4.69, 9.17) is 11.2 Å². The van der Waals surface area contributed by atoms with Gasteiger partial charge in [-0.2, -0.15) is 0 Å². The van der Waals surface area contributed by atoms with Crippen LogP contribution in [0.25, 0.3) is 0 Å². The topological polar surface area (TPSA) is 26.3 Å². The van der Waals surface area contributed by atoms with Crippen LogP contribution in [0.3, 0.4) is 0 Å². The summed E-state index contributed by atoms with van der Waals surface area (Å²) in [6.07, 6.45) is 7.74. The van der Waals surface area contributed by atoms with E-state index in [0.717, 1.165) is 6.42 Å². The summed E-state index contributed by atoms with van der Waals surface area (Å²) < 4.78 is 5.18. The second kappa shape index (κ2) is 5.77. The lowest BCUT2D eigenvalue weighted by Gasteiger charge is -2.24. The van der Waals surface area contributed by atoms with E-state index in [1.165, 1.54) is 0 Å². The molecule has 0 N–H and O–H groups in total. The van der Waals surface area contributed by atoms with Crippen LogP contribution >= 0.6 is 0 Å². The molecule has 0 aliphatic rings. The van der Waals surface area contributed by atoms with Crippen molar-refractivity contribution < 1.29 is 9.53 Å². The largest absolute Gasteiger partial charge is 0.371 e. The molecular formula is C11H18O2. The van der Waals surface area contributed by atoms with Crippen molar-refractivity contribution >= 4 is 5.78 Å². The van der Waals surface area contributed by atoms with Gasteiger partial charge in [-0.25, -0.2) is 0 Å². The van der Waals surface area contributed by atoms with E-state index in [-0.39, 0.29) is 5.78 Å². The maximum absolute atomic E-state index is 11.6. The normalized spacial score (nSPS) is 14.6. The monoisotopic (exact) mass is 182 g/mol. The lowest BCUT2D eigenvalue weighted by molar-refractivity contribution is -0.139. The maximum atomic E-state index is 11.6. The van der Waals surface area contributed by atoms with Crippen LogP contribution in [0, 0.1) is 12.3 Å². The number of hydrogen-bond acceptors (Lipinski definition) is 2. The van der Waals surface area contributed by atoms with E-state index in [2.05, 4.69) is 5.92 Å². The van der Waals surface area contributed by atoms with Gasteiger partial charge in [-0.1, -0.05) is 6.92 Å². The number of ether oxygens (including phenoxy) is 1.